The van der Waals surface area contributed by atoms with Crippen LogP contribution >= 0.6 is 0 Å². The van der Waals surface area contributed by atoms with Gasteiger partial charge in [-0.05, 0) is 24.7 Å². The minimum absolute atomic E-state index is 0.350. The first-order valence-corrected chi connectivity index (χ1v) is 4.82. The second kappa shape index (κ2) is 2.12. The number of hydrogen-bond donors (Lipinski definition) is 0. The van der Waals surface area contributed by atoms with Crippen molar-refractivity contribution < 1.29 is 4.79 Å². The molecule has 0 spiro atoms. The van der Waals surface area contributed by atoms with E-state index >= 15 is 0 Å². The van der Waals surface area contributed by atoms with Crippen LogP contribution in [0, 0.1) is 17.8 Å². The van der Waals surface area contributed by atoms with E-state index in [0.29, 0.717) is 17.7 Å². The summed E-state index contributed by atoms with van der Waals surface area (Å²) >= 11 is 0. The Morgan fingerprint density at radius 2 is 2.08 bits per heavy atom. The molecule has 3 unspecified atom stereocenters. The maximum Gasteiger partial charge on any atom is 0.226 e. The Labute approximate surface area is 72.2 Å². The molecule has 0 aromatic rings. The molecule has 64 valence electrons. The van der Waals surface area contributed by atoms with Gasteiger partial charge in [-0.3, -0.25) is 4.79 Å². The first-order valence-electron chi connectivity index (χ1n) is 4.82. The number of allylic oxidation sites excluding steroid dienone is 2. The van der Waals surface area contributed by atoms with Crippen molar-refractivity contribution in [1.82, 2.24) is 4.90 Å². The van der Waals surface area contributed by atoms with Gasteiger partial charge in [0.05, 0.1) is 0 Å². The van der Waals surface area contributed by atoms with Crippen LogP contribution in [0.3, 0.4) is 0 Å². The highest BCUT2D eigenvalue weighted by atomic mass is 16.2. The number of fused-ring (bicyclic) bond motifs is 2. The van der Waals surface area contributed by atoms with Gasteiger partial charge in [-0.15, -0.1) is 0 Å². The summed E-state index contributed by atoms with van der Waals surface area (Å²) < 4.78 is 0. The van der Waals surface area contributed by atoms with Crippen LogP contribution in [-0.2, 0) is 4.79 Å². The minimum Gasteiger partial charge on any atom is -0.339 e. The van der Waals surface area contributed by atoms with Gasteiger partial charge in [0.1, 0.15) is 0 Å². The summed E-state index contributed by atoms with van der Waals surface area (Å²) in [5.41, 5.74) is 0. The van der Waals surface area contributed by atoms with Crippen LogP contribution in [0.2, 0.25) is 0 Å². The predicted octanol–water partition coefficient (Wildman–Crippen LogP) is 1.04. The van der Waals surface area contributed by atoms with Crippen LogP contribution < -0.4 is 0 Å². The molecule has 12 heavy (non-hydrogen) atoms. The zero-order valence-corrected chi connectivity index (χ0v) is 7.07. The molecule has 2 bridgehead atoms. The number of carbonyl (C=O) groups is 1. The molecular formula is C10H13NO. The molecular weight excluding hydrogens is 150 g/mol. The largest absolute Gasteiger partial charge is 0.339 e. The maximum atomic E-state index is 11.7. The van der Waals surface area contributed by atoms with Gasteiger partial charge >= 0.3 is 0 Å². The van der Waals surface area contributed by atoms with Crippen molar-refractivity contribution in [3.05, 3.63) is 12.2 Å². The molecule has 2 heteroatoms. The number of amides is 1. The van der Waals surface area contributed by atoms with E-state index in [9.17, 15) is 4.79 Å². The first-order chi connectivity index (χ1) is 5.84. The van der Waals surface area contributed by atoms with Crippen LogP contribution in [0.15, 0.2) is 12.2 Å². The average molecular weight is 163 g/mol. The Hall–Kier alpha value is -0.790. The molecule has 0 aromatic heterocycles. The molecule has 1 heterocycles. The van der Waals surface area contributed by atoms with E-state index in [1.165, 1.54) is 6.42 Å². The molecule has 2 nitrogen and oxygen atoms in total. The third kappa shape index (κ3) is 0.838. The van der Waals surface area contributed by atoms with Crippen LogP contribution in [0.25, 0.3) is 0 Å². The summed E-state index contributed by atoms with van der Waals surface area (Å²) in [7, 11) is 0. The van der Waals surface area contributed by atoms with E-state index in [1.54, 1.807) is 0 Å². The predicted molar refractivity (Wildman–Crippen MR) is 45.4 cm³/mol. The summed E-state index contributed by atoms with van der Waals surface area (Å²) in [5.74, 6) is 2.08. The van der Waals surface area contributed by atoms with E-state index < -0.39 is 0 Å². The van der Waals surface area contributed by atoms with Gasteiger partial charge in [0, 0.05) is 19.0 Å². The van der Waals surface area contributed by atoms with Crippen molar-refractivity contribution in [3.63, 3.8) is 0 Å². The molecule has 1 saturated heterocycles. The van der Waals surface area contributed by atoms with Gasteiger partial charge in [0.15, 0.2) is 0 Å². The zero-order valence-electron chi connectivity index (χ0n) is 7.07. The Bertz CT molecular complexity index is 255. The summed E-state index contributed by atoms with van der Waals surface area (Å²) in [6.45, 7) is 2.02. The molecule has 2 aliphatic carbocycles. The van der Waals surface area contributed by atoms with E-state index in [0.717, 1.165) is 25.4 Å². The Morgan fingerprint density at radius 1 is 1.25 bits per heavy atom. The van der Waals surface area contributed by atoms with E-state index in [1.807, 2.05) is 4.90 Å². The van der Waals surface area contributed by atoms with Crippen LogP contribution in [0.5, 0.6) is 0 Å². The lowest BCUT2D eigenvalue weighted by Gasteiger charge is -2.16. The number of hydrogen-bond acceptors (Lipinski definition) is 1. The van der Waals surface area contributed by atoms with E-state index in [-0.39, 0.29) is 0 Å². The van der Waals surface area contributed by atoms with Crippen LogP contribution in [-0.4, -0.2) is 23.9 Å². The van der Waals surface area contributed by atoms with Crippen LogP contribution in [0.1, 0.15) is 12.8 Å². The quantitative estimate of drug-likeness (QED) is 0.418. The van der Waals surface area contributed by atoms with Crippen molar-refractivity contribution in [1.29, 1.82) is 0 Å². The standard InChI is InChI=1S/C10H13NO/c12-10(11-3-4-11)9-6-7-1-2-8(9)5-7/h1-2,7-9H,3-6H2. The lowest BCUT2D eigenvalue weighted by Crippen LogP contribution is -2.25. The van der Waals surface area contributed by atoms with Gasteiger partial charge in [-0.25, -0.2) is 0 Å². The smallest absolute Gasteiger partial charge is 0.226 e. The van der Waals surface area contributed by atoms with Crippen molar-refractivity contribution in [3.8, 4) is 0 Å². The molecule has 0 radical (unpaired) electrons. The van der Waals surface area contributed by atoms with Gasteiger partial charge in [0.2, 0.25) is 5.91 Å². The number of carbonyl (C=O) groups excluding carboxylic acids is 1. The van der Waals surface area contributed by atoms with Gasteiger partial charge < -0.3 is 4.90 Å². The molecule has 0 aromatic carbocycles. The van der Waals surface area contributed by atoms with Gasteiger partial charge in [0.25, 0.3) is 0 Å². The summed E-state index contributed by atoms with van der Waals surface area (Å²) in [4.78, 5) is 13.7. The SMILES string of the molecule is O=C(C1CC2C=CC1C2)N1CC1. The summed E-state index contributed by atoms with van der Waals surface area (Å²) in [6.07, 6.45) is 6.90. The monoisotopic (exact) mass is 163 g/mol. The summed E-state index contributed by atoms with van der Waals surface area (Å²) in [5, 5.41) is 0. The molecule has 1 amide bonds. The van der Waals surface area contributed by atoms with Gasteiger partial charge in [-0.1, -0.05) is 12.2 Å². The van der Waals surface area contributed by atoms with Crippen molar-refractivity contribution >= 4 is 5.91 Å². The Kier molecular flexibility index (Phi) is 1.18. The maximum absolute atomic E-state index is 11.7. The fourth-order valence-corrected chi connectivity index (χ4v) is 2.57. The third-order valence-electron chi connectivity index (χ3n) is 3.35. The second-order valence-corrected chi connectivity index (χ2v) is 4.21. The highest BCUT2D eigenvalue weighted by Gasteiger charge is 2.43. The lowest BCUT2D eigenvalue weighted by atomic mass is 9.93. The minimum atomic E-state index is 0.350. The molecule has 1 saturated carbocycles. The Balaban J connectivity index is 1.77. The number of nitrogens with zero attached hydrogens (tertiary/aromatic N) is 1. The normalized spacial score (nSPS) is 42.3. The van der Waals surface area contributed by atoms with E-state index in [2.05, 4.69) is 12.2 Å². The topological polar surface area (TPSA) is 20.1 Å². The third-order valence-corrected chi connectivity index (χ3v) is 3.35. The lowest BCUT2D eigenvalue weighted by molar-refractivity contribution is -0.130. The van der Waals surface area contributed by atoms with Gasteiger partial charge in [-0.2, -0.15) is 0 Å². The van der Waals surface area contributed by atoms with Crippen molar-refractivity contribution in [2.24, 2.45) is 17.8 Å². The Morgan fingerprint density at radius 3 is 2.58 bits per heavy atom. The fraction of sp³-hybridized carbons (Fsp3) is 0.700. The number of rotatable bonds is 1. The highest BCUT2D eigenvalue weighted by molar-refractivity contribution is 5.82. The zero-order chi connectivity index (χ0) is 8.13. The molecule has 3 atom stereocenters. The molecule has 1 aliphatic heterocycles. The summed E-state index contributed by atoms with van der Waals surface area (Å²) in [6, 6.07) is 0. The first kappa shape index (κ1) is 6.70. The van der Waals surface area contributed by atoms with Crippen molar-refractivity contribution in [2.75, 3.05) is 13.1 Å². The van der Waals surface area contributed by atoms with Crippen LogP contribution in [0.4, 0.5) is 0 Å². The van der Waals surface area contributed by atoms with Crippen molar-refractivity contribution in [2.45, 2.75) is 12.8 Å². The molecule has 2 fully saturated rings. The molecule has 3 rings (SSSR count). The molecule has 3 aliphatic rings. The highest BCUT2D eigenvalue weighted by Crippen LogP contribution is 2.44. The average Bonchev–Trinajstić information content (AvgIpc) is 2.73. The molecule has 0 N–H and O–H groups in total. The fourth-order valence-electron chi connectivity index (χ4n) is 2.57. The van der Waals surface area contributed by atoms with E-state index in [4.69, 9.17) is 0 Å². The second-order valence-electron chi connectivity index (χ2n) is 4.21.